The highest BCUT2D eigenvalue weighted by Crippen LogP contribution is 2.56. The summed E-state index contributed by atoms with van der Waals surface area (Å²) in [4.78, 5) is 25.6. The van der Waals surface area contributed by atoms with Crippen molar-refractivity contribution in [3.05, 3.63) is 23.3 Å². The maximum Gasteiger partial charge on any atom is 0.455 e. The third-order valence-electron chi connectivity index (χ3n) is 5.87. The number of rotatable bonds is 6. The fraction of sp³-hybridized carbons (Fsp3) is 0.556. The van der Waals surface area contributed by atoms with Crippen LogP contribution in [0.4, 0.5) is 0 Å². The second-order valence-corrected chi connectivity index (χ2v) is 7.93. The second-order valence-electron chi connectivity index (χ2n) is 7.93. The second kappa shape index (κ2) is 7.49. The number of hydrogen-bond donors (Lipinski definition) is 6. The van der Waals surface area contributed by atoms with Crippen molar-refractivity contribution in [1.29, 1.82) is 0 Å². The minimum absolute atomic E-state index is 0.00649. The SMILES string of the molecule is O=C(O)c1c(OC2CN(C(=O)C3CC(O)CN3)C2)ccc(C2CC2B(O)O)c1O. The van der Waals surface area contributed by atoms with E-state index in [-0.39, 0.29) is 36.2 Å². The van der Waals surface area contributed by atoms with Gasteiger partial charge in [0.25, 0.3) is 0 Å². The van der Waals surface area contributed by atoms with Gasteiger partial charge < -0.3 is 40.3 Å². The average molecular weight is 406 g/mol. The zero-order valence-electron chi connectivity index (χ0n) is 15.6. The molecule has 0 spiro atoms. The predicted molar refractivity (Wildman–Crippen MR) is 99.8 cm³/mol. The van der Waals surface area contributed by atoms with E-state index in [1.54, 1.807) is 4.90 Å². The first-order valence-electron chi connectivity index (χ1n) is 9.58. The van der Waals surface area contributed by atoms with E-state index in [0.29, 0.717) is 24.9 Å². The molecule has 1 amide bonds. The monoisotopic (exact) mass is 406 g/mol. The molecule has 156 valence electrons. The molecule has 10 nitrogen and oxygen atoms in total. The summed E-state index contributed by atoms with van der Waals surface area (Å²) in [5.41, 5.74) is -0.0185. The minimum Gasteiger partial charge on any atom is -0.507 e. The van der Waals surface area contributed by atoms with Crippen molar-refractivity contribution >= 4 is 19.0 Å². The lowest BCUT2D eigenvalue weighted by Gasteiger charge is -2.40. The summed E-state index contributed by atoms with van der Waals surface area (Å²) in [5, 5.41) is 51.0. The number of carbonyl (C=O) groups is 2. The summed E-state index contributed by atoms with van der Waals surface area (Å²) < 4.78 is 5.71. The Labute approximate surface area is 166 Å². The number of aliphatic hydroxyl groups is 1. The number of amides is 1. The van der Waals surface area contributed by atoms with Gasteiger partial charge in [-0.25, -0.2) is 4.79 Å². The maximum atomic E-state index is 12.3. The molecule has 2 heterocycles. The van der Waals surface area contributed by atoms with E-state index in [1.807, 2.05) is 0 Å². The zero-order valence-corrected chi connectivity index (χ0v) is 15.6. The number of aliphatic hydroxyl groups excluding tert-OH is 1. The first-order valence-corrected chi connectivity index (χ1v) is 9.58. The molecule has 0 aromatic heterocycles. The van der Waals surface area contributed by atoms with Crippen molar-refractivity contribution in [1.82, 2.24) is 10.2 Å². The van der Waals surface area contributed by atoms with Crippen LogP contribution < -0.4 is 10.1 Å². The van der Waals surface area contributed by atoms with Crippen LogP contribution in [0.5, 0.6) is 11.5 Å². The number of ether oxygens (including phenoxy) is 1. The fourth-order valence-corrected chi connectivity index (χ4v) is 4.09. The molecule has 6 N–H and O–H groups in total. The van der Waals surface area contributed by atoms with Crippen molar-refractivity contribution in [2.24, 2.45) is 0 Å². The molecule has 2 saturated heterocycles. The molecular weight excluding hydrogens is 383 g/mol. The Balaban J connectivity index is 1.41. The van der Waals surface area contributed by atoms with Crippen LogP contribution in [0, 0.1) is 0 Å². The summed E-state index contributed by atoms with van der Waals surface area (Å²) in [6.07, 6.45) is -0.116. The molecule has 11 heteroatoms. The van der Waals surface area contributed by atoms with E-state index in [4.69, 9.17) is 4.74 Å². The normalized spacial score (nSPS) is 28.7. The van der Waals surface area contributed by atoms with Crippen LogP contribution in [0.25, 0.3) is 0 Å². The highest BCUT2D eigenvalue weighted by molar-refractivity contribution is 6.44. The van der Waals surface area contributed by atoms with Crippen molar-refractivity contribution in [2.45, 2.75) is 42.8 Å². The summed E-state index contributed by atoms with van der Waals surface area (Å²) in [7, 11) is -1.52. The average Bonchev–Trinajstić information content (AvgIpc) is 3.30. The van der Waals surface area contributed by atoms with Crippen LogP contribution in [0.1, 0.15) is 34.7 Å². The highest BCUT2D eigenvalue weighted by Gasteiger charge is 2.48. The van der Waals surface area contributed by atoms with Crippen molar-refractivity contribution in [3.63, 3.8) is 0 Å². The van der Waals surface area contributed by atoms with Gasteiger partial charge in [0.05, 0.1) is 25.2 Å². The molecule has 3 aliphatic rings. The number of aromatic hydroxyl groups is 1. The molecule has 1 aromatic carbocycles. The van der Waals surface area contributed by atoms with Gasteiger partial charge in [0.15, 0.2) is 0 Å². The van der Waals surface area contributed by atoms with Gasteiger partial charge in [-0.2, -0.15) is 0 Å². The zero-order chi connectivity index (χ0) is 20.9. The number of carboxylic acids is 1. The number of benzene rings is 1. The Bertz CT molecular complexity index is 828. The molecule has 1 saturated carbocycles. The summed E-state index contributed by atoms with van der Waals surface area (Å²) in [6, 6.07) is 2.57. The standard InChI is InChI=1S/C18H23BN2O8/c22-8-3-13(20-5-8)17(24)21-6-9(7-21)29-14-2-1-10(11-4-12(11)19(27)28)16(23)15(14)18(25)26/h1-2,8-9,11-13,20,22-23,27-28H,3-7H2,(H,25,26). The topological polar surface area (TPSA) is 160 Å². The van der Waals surface area contributed by atoms with Gasteiger partial charge in [0.1, 0.15) is 23.2 Å². The molecule has 4 rings (SSSR count). The fourth-order valence-electron chi connectivity index (χ4n) is 4.09. The van der Waals surface area contributed by atoms with E-state index in [1.165, 1.54) is 12.1 Å². The first kappa shape index (κ1) is 20.0. The van der Waals surface area contributed by atoms with Crippen molar-refractivity contribution < 1.29 is 39.7 Å². The van der Waals surface area contributed by atoms with Crippen LogP contribution in [0.2, 0.25) is 5.82 Å². The predicted octanol–water partition coefficient (Wildman–Crippen LogP) is -1.27. The van der Waals surface area contributed by atoms with Gasteiger partial charge in [-0.1, -0.05) is 6.07 Å². The Kier molecular flexibility index (Phi) is 5.15. The van der Waals surface area contributed by atoms with Crippen LogP contribution in [0.3, 0.4) is 0 Å². The van der Waals surface area contributed by atoms with Gasteiger partial charge >= 0.3 is 13.1 Å². The van der Waals surface area contributed by atoms with Gasteiger partial charge in [0.2, 0.25) is 5.91 Å². The van der Waals surface area contributed by atoms with Gasteiger partial charge in [-0.05, 0) is 30.4 Å². The van der Waals surface area contributed by atoms with Gasteiger partial charge in [-0.3, -0.25) is 4.79 Å². The minimum atomic E-state index is -1.52. The molecule has 3 fully saturated rings. The van der Waals surface area contributed by atoms with E-state index >= 15 is 0 Å². The third kappa shape index (κ3) is 3.78. The number of nitrogens with zero attached hydrogens (tertiary/aromatic N) is 1. The summed E-state index contributed by atoms with van der Waals surface area (Å²) in [5.74, 6) is -2.64. The summed E-state index contributed by atoms with van der Waals surface area (Å²) >= 11 is 0. The lowest BCUT2D eigenvalue weighted by atomic mass is 9.81. The summed E-state index contributed by atoms with van der Waals surface area (Å²) in [6.45, 7) is 0.957. The van der Waals surface area contributed by atoms with Crippen LogP contribution in [-0.2, 0) is 4.79 Å². The Morgan fingerprint density at radius 1 is 1.21 bits per heavy atom. The first-order chi connectivity index (χ1) is 13.8. The molecule has 0 radical (unpaired) electrons. The Morgan fingerprint density at radius 2 is 1.93 bits per heavy atom. The number of aromatic carboxylic acids is 1. The smallest absolute Gasteiger partial charge is 0.455 e. The van der Waals surface area contributed by atoms with E-state index in [0.717, 1.165) is 0 Å². The molecule has 4 unspecified atom stereocenters. The number of β-amino-alcohol motifs (C(OH)–C–C–N with tert-alkyl or cyclic N) is 1. The molecule has 29 heavy (non-hydrogen) atoms. The largest absolute Gasteiger partial charge is 0.507 e. The van der Waals surface area contributed by atoms with Crippen molar-refractivity contribution in [3.8, 4) is 11.5 Å². The Morgan fingerprint density at radius 3 is 2.48 bits per heavy atom. The lowest BCUT2D eigenvalue weighted by Crippen LogP contribution is -2.59. The Hall–Kier alpha value is -2.34. The van der Waals surface area contributed by atoms with Gasteiger partial charge in [-0.15, -0.1) is 0 Å². The number of nitrogens with one attached hydrogen (secondary N) is 1. The molecule has 1 aliphatic carbocycles. The number of likely N-dealkylation sites (tertiary alicyclic amines) is 1. The molecule has 1 aromatic rings. The van der Waals surface area contributed by atoms with E-state index in [9.17, 15) is 35.0 Å². The number of carboxylic acid groups (broad SMARTS) is 1. The van der Waals surface area contributed by atoms with Gasteiger partial charge in [0, 0.05) is 12.4 Å². The number of hydrogen-bond acceptors (Lipinski definition) is 8. The molecule has 4 atom stereocenters. The number of carbonyl (C=O) groups excluding carboxylic acids is 1. The third-order valence-corrected chi connectivity index (χ3v) is 5.87. The van der Waals surface area contributed by atoms with Crippen LogP contribution >= 0.6 is 0 Å². The molecule has 0 bridgehead atoms. The molecular formula is C18H23BN2O8. The lowest BCUT2D eigenvalue weighted by molar-refractivity contribution is -0.142. The quantitative estimate of drug-likeness (QED) is 0.317. The van der Waals surface area contributed by atoms with E-state index in [2.05, 4.69) is 5.32 Å². The maximum absolute atomic E-state index is 12.3. The van der Waals surface area contributed by atoms with Crippen LogP contribution in [-0.4, -0.2) is 87.1 Å². The highest BCUT2D eigenvalue weighted by atomic mass is 16.5. The van der Waals surface area contributed by atoms with Crippen LogP contribution in [0.15, 0.2) is 12.1 Å². The molecule has 2 aliphatic heterocycles. The van der Waals surface area contributed by atoms with E-state index < -0.39 is 42.9 Å². The van der Waals surface area contributed by atoms with Crippen molar-refractivity contribution in [2.75, 3.05) is 19.6 Å². The number of phenols is 1.